The summed E-state index contributed by atoms with van der Waals surface area (Å²) < 4.78 is 5.60. The van der Waals surface area contributed by atoms with Crippen LogP contribution in [0.25, 0.3) is 0 Å². The molecule has 2 atom stereocenters. The monoisotopic (exact) mass is 304 g/mol. The van der Waals surface area contributed by atoms with Crippen molar-refractivity contribution in [2.75, 3.05) is 6.61 Å². The zero-order valence-corrected chi connectivity index (χ0v) is 14.7. The normalized spacial score (nSPS) is 14.1. The van der Waals surface area contributed by atoms with Gasteiger partial charge in [-0.2, -0.15) is 0 Å². The van der Waals surface area contributed by atoms with E-state index < -0.39 is 8.07 Å². The smallest absolute Gasteiger partial charge is 0.129 e. The Labute approximate surface area is 130 Å². The Balaban J connectivity index is 2.19. The van der Waals surface area contributed by atoms with Crippen LogP contribution >= 0.6 is 0 Å². The van der Waals surface area contributed by atoms with Crippen molar-refractivity contribution in [2.45, 2.75) is 52.1 Å². The van der Waals surface area contributed by atoms with Crippen LogP contribution in [-0.4, -0.2) is 25.9 Å². The third kappa shape index (κ3) is 9.46. The van der Waals surface area contributed by atoms with E-state index in [2.05, 4.69) is 38.0 Å². The van der Waals surface area contributed by atoms with Gasteiger partial charge in [-0.25, -0.2) is 0 Å². The van der Waals surface area contributed by atoms with Gasteiger partial charge in [0, 0.05) is 12.5 Å². The lowest BCUT2D eigenvalue weighted by Crippen LogP contribution is -2.18. The third-order valence-electron chi connectivity index (χ3n) is 3.03. The van der Waals surface area contributed by atoms with Gasteiger partial charge < -0.3 is 9.84 Å². The van der Waals surface area contributed by atoms with E-state index in [0.29, 0.717) is 19.6 Å². The molecule has 0 aromatic heterocycles. The summed E-state index contributed by atoms with van der Waals surface area (Å²) in [5, 5.41) is 10.0. The minimum Gasteiger partial charge on any atom is -0.393 e. The van der Waals surface area contributed by atoms with E-state index in [9.17, 15) is 5.11 Å². The molecule has 1 aromatic rings. The molecule has 0 spiro atoms. The predicted octanol–water partition coefficient (Wildman–Crippen LogP) is 3.86. The van der Waals surface area contributed by atoms with Gasteiger partial charge in [0.15, 0.2) is 0 Å². The summed E-state index contributed by atoms with van der Waals surface area (Å²) in [5.41, 5.74) is 4.53. The molecule has 0 bridgehead atoms. The van der Waals surface area contributed by atoms with Crippen LogP contribution in [0.3, 0.4) is 0 Å². The number of aliphatic hydroxyl groups excluding tert-OH is 1. The van der Waals surface area contributed by atoms with Crippen molar-refractivity contribution in [3.05, 3.63) is 35.9 Å². The fraction of sp³-hybridized carbons (Fsp3) is 0.556. The summed E-state index contributed by atoms with van der Waals surface area (Å²) in [6.07, 6.45) is 1.07. The highest BCUT2D eigenvalue weighted by atomic mass is 28.3. The molecule has 1 aromatic carbocycles. The van der Waals surface area contributed by atoms with Gasteiger partial charge in [-0.1, -0.05) is 56.9 Å². The van der Waals surface area contributed by atoms with Gasteiger partial charge in [0.25, 0.3) is 0 Å². The zero-order valence-electron chi connectivity index (χ0n) is 13.7. The van der Waals surface area contributed by atoms with Gasteiger partial charge in [0.1, 0.15) is 8.07 Å². The molecular weight excluding hydrogens is 276 g/mol. The quantitative estimate of drug-likeness (QED) is 0.471. The van der Waals surface area contributed by atoms with Gasteiger partial charge in [-0.05, 0) is 18.4 Å². The Morgan fingerprint density at radius 1 is 1.19 bits per heavy atom. The Morgan fingerprint density at radius 3 is 2.48 bits per heavy atom. The first-order valence-corrected chi connectivity index (χ1v) is 11.2. The van der Waals surface area contributed by atoms with Crippen LogP contribution in [0.5, 0.6) is 0 Å². The van der Waals surface area contributed by atoms with E-state index in [4.69, 9.17) is 4.74 Å². The number of benzene rings is 1. The Kier molecular flexibility index (Phi) is 7.74. The number of hydrogen-bond donors (Lipinski definition) is 1. The lowest BCUT2D eigenvalue weighted by Gasteiger charge is -2.13. The molecule has 0 aliphatic heterocycles. The van der Waals surface area contributed by atoms with Crippen LogP contribution in [-0.2, 0) is 11.3 Å². The molecule has 2 nitrogen and oxygen atoms in total. The molecule has 0 heterocycles. The molecule has 0 aliphatic rings. The number of rotatable bonds is 7. The molecule has 0 fully saturated rings. The molecule has 0 saturated carbocycles. The van der Waals surface area contributed by atoms with Crippen molar-refractivity contribution < 1.29 is 9.84 Å². The summed E-state index contributed by atoms with van der Waals surface area (Å²) in [6.45, 7) is 9.99. The Hall–Kier alpha value is -1.08. The molecule has 3 heteroatoms. The van der Waals surface area contributed by atoms with Crippen LogP contribution in [0.4, 0.5) is 0 Å². The van der Waals surface area contributed by atoms with Crippen molar-refractivity contribution in [1.29, 1.82) is 0 Å². The highest BCUT2D eigenvalue weighted by molar-refractivity contribution is 6.83. The van der Waals surface area contributed by atoms with E-state index in [0.717, 1.165) is 6.42 Å². The van der Waals surface area contributed by atoms with Crippen LogP contribution in [0.2, 0.25) is 19.6 Å². The summed E-state index contributed by atoms with van der Waals surface area (Å²) in [4.78, 5) is 0. The average Bonchev–Trinajstić information content (AvgIpc) is 2.42. The number of hydrogen-bond acceptors (Lipinski definition) is 2. The van der Waals surface area contributed by atoms with Crippen LogP contribution < -0.4 is 0 Å². The van der Waals surface area contributed by atoms with Crippen molar-refractivity contribution in [3.63, 3.8) is 0 Å². The molecule has 0 amide bonds. The summed E-state index contributed by atoms with van der Waals surface area (Å²) in [5.74, 6) is 3.53. The largest absolute Gasteiger partial charge is 0.393 e. The molecule has 116 valence electrons. The zero-order chi connectivity index (χ0) is 15.7. The predicted molar refractivity (Wildman–Crippen MR) is 91.6 cm³/mol. The summed E-state index contributed by atoms with van der Waals surface area (Å²) in [7, 11) is -1.31. The van der Waals surface area contributed by atoms with E-state index in [1.807, 2.05) is 30.3 Å². The number of ether oxygens (including phenoxy) is 1. The van der Waals surface area contributed by atoms with Crippen LogP contribution in [0.1, 0.15) is 25.3 Å². The van der Waals surface area contributed by atoms with E-state index in [1.165, 1.54) is 5.56 Å². The minimum atomic E-state index is -1.31. The summed E-state index contributed by atoms with van der Waals surface area (Å²) in [6, 6.07) is 10.1. The Morgan fingerprint density at radius 2 is 1.86 bits per heavy atom. The first-order valence-electron chi connectivity index (χ1n) is 7.69. The van der Waals surface area contributed by atoms with Crippen LogP contribution in [0.15, 0.2) is 30.3 Å². The van der Waals surface area contributed by atoms with E-state index in [-0.39, 0.29) is 12.0 Å². The Bertz CT molecular complexity index is 454. The molecule has 1 rings (SSSR count). The summed E-state index contributed by atoms with van der Waals surface area (Å²) >= 11 is 0. The van der Waals surface area contributed by atoms with E-state index >= 15 is 0 Å². The van der Waals surface area contributed by atoms with Crippen molar-refractivity contribution in [1.82, 2.24) is 0 Å². The maximum atomic E-state index is 10.0. The highest BCUT2D eigenvalue weighted by Gasteiger charge is 2.11. The van der Waals surface area contributed by atoms with Crippen molar-refractivity contribution >= 4 is 8.07 Å². The first kappa shape index (κ1) is 18.0. The minimum absolute atomic E-state index is 0.251. The first-order chi connectivity index (χ1) is 9.87. The van der Waals surface area contributed by atoms with E-state index in [1.54, 1.807) is 0 Å². The fourth-order valence-corrected chi connectivity index (χ4v) is 2.59. The second kappa shape index (κ2) is 9.04. The van der Waals surface area contributed by atoms with Gasteiger partial charge in [0.2, 0.25) is 0 Å². The molecule has 21 heavy (non-hydrogen) atoms. The molecule has 0 aliphatic carbocycles. The topological polar surface area (TPSA) is 29.5 Å². The number of aliphatic hydroxyl groups is 1. The fourth-order valence-electron chi connectivity index (χ4n) is 1.91. The van der Waals surface area contributed by atoms with Gasteiger partial charge in [-0.15, -0.1) is 11.5 Å². The van der Waals surface area contributed by atoms with Gasteiger partial charge in [-0.3, -0.25) is 0 Å². The maximum absolute atomic E-state index is 10.0. The standard InChI is InChI=1S/C18H28O2Si/c1-16(11-13-21(2,3)4)14-18(19)10-12-20-15-17-8-6-5-7-9-17/h5-9,16,18-19H,10,12,14-15H2,1-4H3/t16-,18-/m0/s1. The lowest BCUT2D eigenvalue weighted by molar-refractivity contribution is 0.0667. The lowest BCUT2D eigenvalue weighted by atomic mass is 10.0. The molecule has 1 N–H and O–H groups in total. The van der Waals surface area contributed by atoms with Crippen molar-refractivity contribution in [2.24, 2.45) is 5.92 Å². The molecular formula is C18H28O2Si. The second-order valence-electron chi connectivity index (χ2n) is 6.64. The average molecular weight is 305 g/mol. The van der Waals surface area contributed by atoms with Crippen molar-refractivity contribution in [3.8, 4) is 11.5 Å². The second-order valence-corrected chi connectivity index (χ2v) is 11.4. The SMILES string of the molecule is C[C@@H](C#C[Si](C)(C)C)C[C@@H](O)CCOCc1ccccc1. The maximum Gasteiger partial charge on any atom is 0.129 e. The molecule has 0 radical (unpaired) electrons. The third-order valence-corrected chi connectivity index (χ3v) is 3.92. The van der Waals surface area contributed by atoms with Gasteiger partial charge in [0.05, 0.1) is 12.7 Å². The highest BCUT2D eigenvalue weighted by Crippen LogP contribution is 2.10. The molecule has 0 unspecified atom stereocenters. The van der Waals surface area contributed by atoms with Gasteiger partial charge >= 0.3 is 0 Å². The van der Waals surface area contributed by atoms with Crippen LogP contribution in [0, 0.1) is 17.4 Å². The molecule has 0 saturated heterocycles.